The molecule has 1 amide bonds. The molecule has 0 aromatic heterocycles. The van der Waals surface area contributed by atoms with Crippen LogP contribution in [0.1, 0.15) is 44.4 Å². The number of nitrogens with one attached hydrogen (secondary N) is 2. The van der Waals surface area contributed by atoms with Crippen LogP contribution >= 0.6 is 35.4 Å². The normalized spacial score (nSPS) is 13.1. The number of benzene rings is 2. The van der Waals surface area contributed by atoms with Gasteiger partial charge in [0.05, 0.1) is 11.0 Å². The lowest BCUT2D eigenvalue weighted by Crippen LogP contribution is -2.30. The van der Waals surface area contributed by atoms with Gasteiger partial charge in [0, 0.05) is 27.7 Å². The van der Waals surface area contributed by atoms with Crippen LogP contribution in [0.4, 0.5) is 5.69 Å². The Morgan fingerprint density at radius 3 is 2.44 bits per heavy atom. The monoisotopic (exact) mass is 422 g/mol. The fourth-order valence-corrected chi connectivity index (χ4v) is 3.50. The van der Waals surface area contributed by atoms with Crippen LogP contribution in [0.2, 0.25) is 10.0 Å². The maximum atomic E-state index is 11.1. The van der Waals surface area contributed by atoms with Gasteiger partial charge in [-0.2, -0.15) is 0 Å². The molecule has 2 atom stereocenters. The predicted octanol–water partition coefficient (Wildman–Crippen LogP) is 6.25. The van der Waals surface area contributed by atoms with E-state index in [4.69, 9.17) is 35.4 Å². The van der Waals surface area contributed by atoms with E-state index in [0.29, 0.717) is 34.0 Å². The van der Waals surface area contributed by atoms with Crippen LogP contribution < -0.4 is 10.6 Å². The molecule has 2 aromatic rings. The number of carbonyl (C=O) groups excluding carboxylic acids is 1. The lowest BCUT2D eigenvalue weighted by Gasteiger charge is -2.25. The lowest BCUT2D eigenvalue weighted by molar-refractivity contribution is -0.105. The molecule has 0 radical (unpaired) electrons. The second-order valence-electron chi connectivity index (χ2n) is 6.97. The summed E-state index contributed by atoms with van der Waals surface area (Å²) in [4.78, 5) is 11.8. The van der Waals surface area contributed by atoms with Crippen LogP contribution in [-0.4, -0.2) is 11.4 Å². The number of anilines is 1. The van der Waals surface area contributed by atoms with Crippen LogP contribution in [-0.2, 0) is 4.79 Å². The summed E-state index contributed by atoms with van der Waals surface area (Å²) in [6, 6.07) is 12.8. The largest absolute Gasteiger partial charge is 0.369 e. The van der Waals surface area contributed by atoms with Crippen LogP contribution in [0, 0.1) is 11.8 Å². The minimum atomic E-state index is -0.254. The zero-order chi connectivity index (χ0) is 20.0. The van der Waals surface area contributed by atoms with E-state index in [-0.39, 0.29) is 6.04 Å². The number of thiocarbonyl (C=S) groups is 1. The first-order valence-corrected chi connectivity index (χ1v) is 10.0. The summed E-state index contributed by atoms with van der Waals surface area (Å²) < 4.78 is 0. The minimum absolute atomic E-state index is 0.254. The summed E-state index contributed by atoms with van der Waals surface area (Å²) in [6.45, 7) is 6.56. The van der Waals surface area contributed by atoms with E-state index in [1.807, 2.05) is 30.3 Å². The Hall–Kier alpha value is -1.62. The van der Waals surface area contributed by atoms with Crippen molar-refractivity contribution in [2.45, 2.75) is 33.2 Å². The molecule has 6 heteroatoms. The van der Waals surface area contributed by atoms with Crippen molar-refractivity contribution in [1.82, 2.24) is 5.32 Å². The fourth-order valence-electron chi connectivity index (χ4n) is 2.74. The van der Waals surface area contributed by atoms with Gasteiger partial charge in [-0.05, 0) is 41.7 Å². The van der Waals surface area contributed by atoms with Gasteiger partial charge in [0.15, 0.2) is 0 Å². The number of carbonyl (C=O) groups is 1. The van der Waals surface area contributed by atoms with Crippen molar-refractivity contribution in [3.05, 3.63) is 63.6 Å². The van der Waals surface area contributed by atoms with Gasteiger partial charge in [-0.15, -0.1) is 0 Å². The van der Waals surface area contributed by atoms with Crippen LogP contribution in [0.5, 0.6) is 0 Å². The van der Waals surface area contributed by atoms with E-state index in [1.54, 1.807) is 12.1 Å². The van der Waals surface area contributed by atoms with Crippen molar-refractivity contribution in [1.29, 1.82) is 0 Å². The molecule has 3 nitrogen and oxygen atoms in total. The SMILES string of the molecule is CC(C)[C@H](C)CC(=S)N[C@H](c1cccc(Cl)c1)c1ccc(Cl)cc1NC=O. The molecular formula is C21H24Cl2N2OS. The summed E-state index contributed by atoms with van der Waals surface area (Å²) in [6.07, 6.45) is 1.43. The summed E-state index contributed by atoms with van der Waals surface area (Å²) in [5.74, 6) is 1.000. The lowest BCUT2D eigenvalue weighted by atomic mass is 9.93. The first kappa shape index (κ1) is 21.7. The van der Waals surface area contributed by atoms with E-state index in [9.17, 15) is 4.79 Å². The number of rotatable bonds is 8. The summed E-state index contributed by atoms with van der Waals surface area (Å²) >= 11 is 18.0. The minimum Gasteiger partial charge on any atom is -0.369 e. The molecule has 0 unspecified atom stereocenters. The highest BCUT2D eigenvalue weighted by Crippen LogP contribution is 2.32. The number of amides is 1. The molecule has 2 aromatic carbocycles. The Bertz CT molecular complexity index is 811. The van der Waals surface area contributed by atoms with Gasteiger partial charge in [-0.25, -0.2) is 0 Å². The highest BCUT2D eigenvalue weighted by molar-refractivity contribution is 7.80. The van der Waals surface area contributed by atoms with E-state index in [2.05, 4.69) is 31.4 Å². The molecule has 0 aliphatic carbocycles. The molecular weight excluding hydrogens is 399 g/mol. The molecule has 2 N–H and O–H groups in total. The van der Waals surface area contributed by atoms with Gasteiger partial charge in [0.1, 0.15) is 0 Å². The highest BCUT2D eigenvalue weighted by atomic mass is 35.5. The topological polar surface area (TPSA) is 41.1 Å². The average molecular weight is 423 g/mol. The Morgan fingerprint density at radius 1 is 1.11 bits per heavy atom. The van der Waals surface area contributed by atoms with E-state index in [0.717, 1.165) is 22.5 Å². The summed E-state index contributed by atoms with van der Waals surface area (Å²) in [5.41, 5.74) is 2.46. The molecule has 0 saturated heterocycles. The van der Waals surface area contributed by atoms with Gasteiger partial charge in [0.2, 0.25) is 6.41 Å². The van der Waals surface area contributed by atoms with Gasteiger partial charge < -0.3 is 10.6 Å². The highest BCUT2D eigenvalue weighted by Gasteiger charge is 2.21. The molecule has 0 fully saturated rings. The molecule has 0 heterocycles. The zero-order valence-electron chi connectivity index (χ0n) is 15.6. The smallest absolute Gasteiger partial charge is 0.211 e. The molecule has 0 bridgehead atoms. The fraction of sp³-hybridized carbons (Fsp3) is 0.333. The van der Waals surface area contributed by atoms with Gasteiger partial charge >= 0.3 is 0 Å². The Labute approximate surface area is 176 Å². The summed E-state index contributed by atoms with van der Waals surface area (Å²) in [5, 5.41) is 7.37. The second-order valence-corrected chi connectivity index (χ2v) is 8.34. The first-order chi connectivity index (χ1) is 12.8. The van der Waals surface area contributed by atoms with Gasteiger partial charge in [-0.3, -0.25) is 4.79 Å². The van der Waals surface area contributed by atoms with Gasteiger partial charge in [-0.1, -0.05) is 74.4 Å². The van der Waals surface area contributed by atoms with Crippen LogP contribution in [0.25, 0.3) is 0 Å². The number of hydrogen-bond donors (Lipinski definition) is 2. The quantitative estimate of drug-likeness (QED) is 0.390. The van der Waals surface area contributed by atoms with Crippen molar-refractivity contribution in [3.8, 4) is 0 Å². The molecule has 27 heavy (non-hydrogen) atoms. The maximum Gasteiger partial charge on any atom is 0.211 e. The van der Waals surface area contributed by atoms with Crippen molar-refractivity contribution in [2.24, 2.45) is 11.8 Å². The van der Waals surface area contributed by atoms with E-state index >= 15 is 0 Å². The molecule has 144 valence electrons. The molecule has 0 aliphatic rings. The third kappa shape index (κ3) is 6.20. The van der Waals surface area contributed by atoms with Crippen molar-refractivity contribution < 1.29 is 4.79 Å². The van der Waals surface area contributed by atoms with Gasteiger partial charge in [0.25, 0.3) is 0 Å². The summed E-state index contributed by atoms with van der Waals surface area (Å²) in [7, 11) is 0. The van der Waals surface area contributed by atoms with Crippen molar-refractivity contribution >= 4 is 52.5 Å². The van der Waals surface area contributed by atoms with Crippen molar-refractivity contribution in [3.63, 3.8) is 0 Å². The molecule has 0 saturated carbocycles. The van der Waals surface area contributed by atoms with Crippen LogP contribution in [0.3, 0.4) is 0 Å². The second kappa shape index (κ2) is 10.1. The molecule has 2 rings (SSSR count). The van der Waals surface area contributed by atoms with E-state index < -0.39 is 0 Å². The predicted molar refractivity (Wildman–Crippen MR) is 119 cm³/mol. The standard InChI is InChI=1S/C21H24Cl2N2OS/c1-13(2)14(3)9-20(27)25-21(15-5-4-6-16(22)10-15)18-8-7-17(23)11-19(18)24-12-26/h4-8,10-14,21H,9H2,1-3H3,(H,24,26)(H,25,27)/t14-,21-/m1/s1. The van der Waals surface area contributed by atoms with Crippen molar-refractivity contribution in [2.75, 3.05) is 5.32 Å². The van der Waals surface area contributed by atoms with Crippen LogP contribution in [0.15, 0.2) is 42.5 Å². The van der Waals surface area contributed by atoms with E-state index in [1.165, 1.54) is 0 Å². The Kier molecular flexibility index (Phi) is 8.08. The first-order valence-electron chi connectivity index (χ1n) is 8.86. The average Bonchev–Trinajstić information content (AvgIpc) is 2.60. The number of halogens is 2. The molecule has 0 aliphatic heterocycles. The third-order valence-electron chi connectivity index (χ3n) is 4.67. The number of hydrogen-bond acceptors (Lipinski definition) is 2. The maximum absolute atomic E-state index is 11.1. The zero-order valence-corrected chi connectivity index (χ0v) is 18.0. The third-order valence-corrected chi connectivity index (χ3v) is 5.43. The Balaban J connectivity index is 2.42. The Morgan fingerprint density at radius 2 is 1.81 bits per heavy atom. The molecule has 0 spiro atoms.